The third kappa shape index (κ3) is 0.780. The maximum Gasteiger partial charge on any atom is 0.227 e. The van der Waals surface area contributed by atoms with Crippen LogP contribution in [-0.2, 0) is 0 Å². The fourth-order valence-corrected chi connectivity index (χ4v) is 0.491. The molecule has 1 heterocycles. The summed E-state index contributed by atoms with van der Waals surface area (Å²) in [6.45, 7) is 1.50. The lowest BCUT2D eigenvalue weighted by atomic mass is 10.7. The second-order valence-electron chi connectivity index (χ2n) is 1.53. The quantitative estimate of drug-likeness (QED) is 0.485. The van der Waals surface area contributed by atoms with Crippen molar-refractivity contribution < 1.29 is 4.79 Å². The molecule has 0 spiro atoms. The van der Waals surface area contributed by atoms with Gasteiger partial charge in [0.05, 0.1) is 6.20 Å². The third-order valence-electron chi connectivity index (χ3n) is 0.884. The zero-order chi connectivity index (χ0) is 5.98. The van der Waals surface area contributed by atoms with Gasteiger partial charge in [0.1, 0.15) is 0 Å². The molecule has 2 heteroatoms. The summed E-state index contributed by atoms with van der Waals surface area (Å²) < 4.78 is 1.40. The fourth-order valence-electron chi connectivity index (χ4n) is 0.491. The molecule has 0 aliphatic carbocycles. The summed E-state index contributed by atoms with van der Waals surface area (Å²) in [7, 11) is 0. The normalized spacial score (nSPS) is 9.12. The fraction of sp³-hybridized carbons (Fsp3) is 0.167. The van der Waals surface area contributed by atoms with Crippen LogP contribution in [0.4, 0.5) is 0 Å². The summed E-state index contributed by atoms with van der Waals surface area (Å²) in [4.78, 5) is 10.4. The second-order valence-corrected chi connectivity index (χ2v) is 1.53. The van der Waals surface area contributed by atoms with Gasteiger partial charge in [0.15, 0.2) is 0 Å². The molecule has 0 bridgehead atoms. The van der Waals surface area contributed by atoms with Crippen LogP contribution in [0.3, 0.4) is 0 Å². The number of rotatable bonds is 0. The molecule has 0 saturated carbocycles. The lowest BCUT2D eigenvalue weighted by molar-refractivity contribution is 0.0936. The minimum atomic E-state index is -0.00463. The Bertz CT molecular complexity index is 176. The predicted molar refractivity (Wildman–Crippen MR) is 29.6 cm³/mol. The first-order chi connectivity index (χ1) is 3.80. The van der Waals surface area contributed by atoms with Crippen molar-refractivity contribution in [1.29, 1.82) is 0 Å². The minimum Gasteiger partial charge on any atom is -0.286 e. The van der Waals surface area contributed by atoms with Crippen molar-refractivity contribution >= 4 is 5.91 Å². The molecule has 0 aromatic carbocycles. The van der Waals surface area contributed by atoms with Gasteiger partial charge in [-0.05, 0) is 12.1 Å². The molecule has 1 rings (SSSR count). The van der Waals surface area contributed by atoms with E-state index in [0.29, 0.717) is 0 Å². The monoisotopic (exact) mass is 108 g/mol. The highest BCUT2D eigenvalue weighted by Gasteiger charge is 1.90. The van der Waals surface area contributed by atoms with Gasteiger partial charge in [-0.2, -0.15) is 0 Å². The van der Waals surface area contributed by atoms with E-state index in [9.17, 15) is 4.79 Å². The van der Waals surface area contributed by atoms with Crippen molar-refractivity contribution in [3.8, 4) is 0 Å². The zero-order valence-electron chi connectivity index (χ0n) is 4.59. The molecule has 0 saturated heterocycles. The minimum absolute atomic E-state index is 0.00463. The Hall–Kier alpha value is -1.05. The van der Waals surface area contributed by atoms with Crippen LogP contribution in [0.2, 0.25) is 0 Å². The lowest BCUT2D eigenvalue weighted by Gasteiger charge is -1.88. The van der Waals surface area contributed by atoms with Gasteiger partial charge >= 0.3 is 0 Å². The van der Waals surface area contributed by atoms with Crippen molar-refractivity contribution in [3.05, 3.63) is 24.5 Å². The Morgan fingerprint density at radius 3 is 2.75 bits per heavy atom. The van der Waals surface area contributed by atoms with E-state index in [0.717, 1.165) is 0 Å². The molecule has 41 valence electrons. The number of carbonyl (C=O) groups is 1. The van der Waals surface area contributed by atoms with Crippen LogP contribution in [0, 0.1) is 6.20 Å². The Morgan fingerprint density at radius 1 is 1.75 bits per heavy atom. The number of hydrogen-bond acceptors (Lipinski definition) is 1. The topological polar surface area (TPSA) is 22.0 Å². The SMILES string of the molecule is CC(=O)n1[c]ccc1. The average Bonchev–Trinajstić information content (AvgIpc) is 2.12. The van der Waals surface area contributed by atoms with Crippen LogP contribution in [0.25, 0.3) is 0 Å². The first-order valence-corrected chi connectivity index (χ1v) is 2.36. The second kappa shape index (κ2) is 1.82. The van der Waals surface area contributed by atoms with E-state index < -0.39 is 0 Å². The standard InChI is InChI=1S/C6H6NO/c1-6(8)7-4-2-3-5-7/h2-4H,1H3. The van der Waals surface area contributed by atoms with Gasteiger partial charge in [-0.1, -0.05) is 0 Å². The molecule has 0 amide bonds. The van der Waals surface area contributed by atoms with Crippen LogP contribution in [0.1, 0.15) is 11.7 Å². The van der Waals surface area contributed by atoms with Crippen LogP contribution in [0.5, 0.6) is 0 Å². The van der Waals surface area contributed by atoms with Gasteiger partial charge in [0, 0.05) is 13.1 Å². The number of carbonyl (C=O) groups excluding carboxylic acids is 1. The maximum atomic E-state index is 10.4. The van der Waals surface area contributed by atoms with E-state index in [4.69, 9.17) is 0 Å². The number of nitrogens with zero attached hydrogens (tertiary/aromatic N) is 1. The lowest BCUT2D eigenvalue weighted by Crippen LogP contribution is -2.00. The smallest absolute Gasteiger partial charge is 0.227 e. The third-order valence-corrected chi connectivity index (χ3v) is 0.884. The number of aromatic nitrogens is 1. The molecule has 0 aliphatic heterocycles. The molecule has 1 aromatic heterocycles. The summed E-state index contributed by atoms with van der Waals surface area (Å²) in [5, 5.41) is 0. The maximum absolute atomic E-state index is 10.4. The van der Waals surface area contributed by atoms with Crippen molar-refractivity contribution in [3.63, 3.8) is 0 Å². The van der Waals surface area contributed by atoms with Crippen molar-refractivity contribution in [2.45, 2.75) is 6.92 Å². The van der Waals surface area contributed by atoms with Crippen LogP contribution in [-0.4, -0.2) is 10.5 Å². The van der Waals surface area contributed by atoms with Crippen LogP contribution in [0.15, 0.2) is 18.3 Å². The first kappa shape index (κ1) is 5.09. The molecule has 8 heavy (non-hydrogen) atoms. The van der Waals surface area contributed by atoms with E-state index in [1.54, 1.807) is 18.3 Å². The molecule has 1 aromatic rings. The molecule has 0 atom stereocenters. The molecule has 0 fully saturated rings. The molecule has 0 aliphatic rings. The molecule has 0 N–H and O–H groups in total. The zero-order valence-corrected chi connectivity index (χ0v) is 4.59. The van der Waals surface area contributed by atoms with Crippen LogP contribution < -0.4 is 0 Å². The predicted octanol–water partition coefficient (Wildman–Crippen LogP) is 0.948. The highest BCUT2D eigenvalue weighted by molar-refractivity contribution is 5.75. The first-order valence-electron chi connectivity index (χ1n) is 2.36. The van der Waals surface area contributed by atoms with E-state index in [-0.39, 0.29) is 5.91 Å². The Morgan fingerprint density at radius 2 is 2.50 bits per heavy atom. The Balaban J connectivity index is 2.93. The summed E-state index contributed by atoms with van der Waals surface area (Å²) >= 11 is 0. The number of hydrogen-bond donors (Lipinski definition) is 0. The van der Waals surface area contributed by atoms with Gasteiger partial charge < -0.3 is 0 Å². The average molecular weight is 108 g/mol. The highest BCUT2D eigenvalue weighted by atomic mass is 16.1. The Labute approximate surface area is 47.7 Å². The van der Waals surface area contributed by atoms with Crippen molar-refractivity contribution in [1.82, 2.24) is 4.57 Å². The van der Waals surface area contributed by atoms with Gasteiger partial charge in [0.2, 0.25) is 5.91 Å². The summed E-state index contributed by atoms with van der Waals surface area (Å²) in [6.07, 6.45) is 4.37. The van der Waals surface area contributed by atoms with E-state index in [1.165, 1.54) is 11.5 Å². The summed E-state index contributed by atoms with van der Waals surface area (Å²) in [5.41, 5.74) is 0. The van der Waals surface area contributed by atoms with Gasteiger partial charge in [-0.25, -0.2) is 0 Å². The molecule has 2 nitrogen and oxygen atoms in total. The van der Waals surface area contributed by atoms with Gasteiger partial charge in [0.25, 0.3) is 0 Å². The molecular weight excluding hydrogens is 102 g/mol. The van der Waals surface area contributed by atoms with E-state index in [2.05, 4.69) is 6.20 Å². The van der Waals surface area contributed by atoms with Gasteiger partial charge in [-0.3, -0.25) is 9.36 Å². The molecule has 0 unspecified atom stereocenters. The summed E-state index contributed by atoms with van der Waals surface area (Å²) in [5.74, 6) is -0.00463. The summed E-state index contributed by atoms with van der Waals surface area (Å²) in [6, 6.07) is 3.46. The van der Waals surface area contributed by atoms with Gasteiger partial charge in [-0.15, -0.1) is 0 Å². The van der Waals surface area contributed by atoms with Crippen molar-refractivity contribution in [2.24, 2.45) is 0 Å². The largest absolute Gasteiger partial charge is 0.286 e. The molecule has 1 radical (unpaired) electrons. The Kier molecular flexibility index (Phi) is 1.16. The van der Waals surface area contributed by atoms with Crippen molar-refractivity contribution in [2.75, 3.05) is 0 Å². The molecular formula is C6H6NO. The van der Waals surface area contributed by atoms with E-state index >= 15 is 0 Å². The highest BCUT2D eigenvalue weighted by Crippen LogP contribution is 1.85. The van der Waals surface area contributed by atoms with E-state index in [1.807, 2.05) is 0 Å². The van der Waals surface area contributed by atoms with Crippen LogP contribution >= 0.6 is 0 Å².